The molecule has 0 amide bonds. The molecule has 0 aliphatic rings. The molecule has 0 bridgehead atoms. The third kappa shape index (κ3) is 4.29. The zero-order valence-electron chi connectivity index (χ0n) is 7.66. The molecule has 0 aliphatic carbocycles. The van der Waals surface area contributed by atoms with Crippen LogP contribution < -0.4 is 5.73 Å². The SMILES string of the molecule is CC(N)CCSc1cccc(F)c1. The van der Waals surface area contributed by atoms with Crippen LogP contribution in [0.15, 0.2) is 29.2 Å². The predicted octanol–water partition coefficient (Wildman–Crippen LogP) is 2.66. The Hall–Kier alpha value is -0.540. The van der Waals surface area contributed by atoms with Crippen molar-refractivity contribution in [2.45, 2.75) is 24.3 Å². The number of hydrogen-bond acceptors (Lipinski definition) is 2. The van der Waals surface area contributed by atoms with Gasteiger partial charge in [0.2, 0.25) is 0 Å². The van der Waals surface area contributed by atoms with E-state index in [1.807, 2.05) is 13.0 Å². The minimum atomic E-state index is -0.175. The van der Waals surface area contributed by atoms with Gasteiger partial charge in [-0.2, -0.15) is 0 Å². The maximum atomic E-state index is 12.7. The van der Waals surface area contributed by atoms with Crippen molar-refractivity contribution < 1.29 is 4.39 Å². The van der Waals surface area contributed by atoms with Crippen LogP contribution in [-0.2, 0) is 0 Å². The van der Waals surface area contributed by atoms with Gasteiger partial charge in [-0.25, -0.2) is 4.39 Å². The molecule has 0 aliphatic heterocycles. The van der Waals surface area contributed by atoms with E-state index in [0.717, 1.165) is 17.1 Å². The molecule has 0 saturated heterocycles. The number of hydrogen-bond donors (Lipinski definition) is 1. The summed E-state index contributed by atoms with van der Waals surface area (Å²) in [5, 5.41) is 0. The van der Waals surface area contributed by atoms with E-state index in [1.54, 1.807) is 23.9 Å². The van der Waals surface area contributed by atoms with Crippen LogP contribution in [-0.4, -0.2) is 11.8 Å². The Balaban J connectivity index is 2.37. The van der Waals surface area contributed by atoms with Gasteiger partial charge in [-0.3, -0.25) is 0 Å². The van der Waals surface area contributed by atoms with Gasteiger partial charge in [-0.1, -0.05) is 6.07 Å². The fraction of sp³-hybridized carbons (Fsp3) is 0.400. The third-order valence-corrected chi connectivity index (χ3v) is 2.67. The van der Waals surface area contributed by atoms with Gasteiger partial charge < -0.3 is 5.73 Å². The Morgan fingerprint density at radius 2 is 2.31 bits per heavy atom. The van der Waals surface area contributed by atoms with E-state index in [-0.39, 0.29) is 11.9 Å². The molecule has 0 spiro atoms. The molecule has 2 N–H and O–H groups in total. The van der Waals surface area contributed by atoms with Gasteiger partial charge in [0, 0.05) is 10.9 Å². The molecule has 1 atom stereocenters. The van der Waals surface area contributed by atoms with Gasteiger partial charge in [-0.05, 0) is 37.3 Å². The number of nitrogens with two attached hydrogens (primary N) is 1. The van der Waals surface area contributed by atoms with E-state index in [0.29, 0.717) is 0 Å². The zero-order valence-corrected chi connectivity index (χ0v) is 8.48. The monoisotopic (exact) mass is 199 g/mol. The molecule has 3 heteroatoms. The molecule has 0 fully saturated rings. The van der Waals surface area contributed by atoms with Crippen molar-refractivity contribution in [3.63, 3.8) is 0 Å². The zero-order chi connectivity index (χ0) is 9.68. The van der Waals surface area contributed by atoms with Crippen molar-refractivity contribution in [3.8, 4) is 0 Å². The van der Waals surface area contributed by atoms with Gasteiger partial charge in [0.1, 0.15) is 5.82 Å². The van der Waals surface area contributed by atoms with E-state index < -0.39 is 0 Å². The Morgan fingerprint density at radius 3 is 2.92 bits per heavy atom. The lowest BCUT2D eigenvalue weighted by Gasteiger charge is -2.04. The second-order valence-electron chi connectivity index (χ2n) is 3.07. The molecule has 0 saturated carbocycles. The first-order chi connectivity index (χ1) is 6.18. The highest BCUT2D eigenvalue weighted by Gasteiger charge is 1.97. The quantitative estimate of drug-likeness (QED) is 0.754. The third-order valence-electron chi connectivity index (χ3n) is 1.64. The Morgan fingerprint density at radius 1 is 1.54 bits per heavy atom. The molecule has 1 aromatic carbocycles. The second-order valence-corrected chi connectivity index (χ2v) is 4.24. The van der Waals surface area contributed by atoms with E-state index in [4.69, 9.17) is 5.73 Å². The molecule has 0 radical (unpaired) electrons. The molecule has 0 heterocycles. The van der Waals surface area contributed by atoms with Crippen molar-refractivity contribution in [2.24, 2.45) is 5.73 Å². The maximum absolute atomic E-state index is 12.7. The van der Waals surface area contributed by atoms with Crippen molar-refractivity contribution in [1.29, 1.82) is 0 Å². The van der Waals surface area contributed by atoms with Gasteiger partial charge in [0.15, 0.2) is 0 Å². The molecule has 0 aromatic heterocycles. The predicted molar refractivity (Wildman–Crippen MR) is 55.4 cm³/mol. The lowest BCUT2D eigenvalue weighted by atomic mass is 10.3. The number of thioether (sulfide) groups is 1. The lowest BCUT2D eigenvalue weighted by molar-refractivity contribution is 0.624. The van der Waals surface area contributed by atoms with E-state index in [9.17, 15) is 4.39 Å². The second kappa shape index (κ2) is 5.25. The van der Waals surface area contributed by atoms with Gasteiger partial charge in [0.25, 0.3) is 0 Å². The Kier molecular flexibility index (Phi) is 4.25. The standard InChI is InChI=1S/C10H14FNS/c1-8(12)5-6-13-10-4-2-3-9(11)7-10/h2-4,7-8H,5-6,12H2,1H3. The summed E-state index contributed by atoms with van der Waals surface area (Å²) < 4.78 is 12.7. The van der Waals surface area contributed by atoms with Gasteiger partial charge >= 0.3 is 0 Å². The summed E-state index contributed by atoms with van der Waals surface area (Å²) in [7, 11) is 0. The van der Waals surface area contributed by atoms with Crippen LogP contribution >= 0.6 is 11.8 Å². The maximum Gasteiger partial charge on any atom is 0.124 e. The smallest absolute Gasteiger partial charge is 0.124 e. The summed E-state index contributed by atoms with van der Waals surface area (Å²) in [6, 6.07) is 6.86. The average molecular weight is 199 g/mol. The number of halogens is 1. The van der Waals surface area contributed by atoms with E-state index >= 15 is 0 Å². The molecular weight excluding hydrogens is 185 g/mol. The minimum Gasteiger partial charge on any atom is -0.328 e. The van der Waals surface area contributed by atoms with Crippen LogP contribution in [0.5, 0.6) is 0 Å². The van der Waals surface area contributed by atoms with Gasteiger partial charge in [-0.15, -0.1) is 11.8 Å². The normalized spacial score (nSPS) is 12.8. The fourth-order valence-corrected chi connectivity index (χ4v) is 2.02. The first-order valence-electron chi connectivity index (χ1n) is 4.32. The summed E-state index contributed by atoms with van der Waals surface area (Å²) in [5.41, 5.74) is 5.60. The largest absolute Gasteiger partial charge is 0.328 e. The molecule has 1 nitrogen and oxygen atoms in total. The number of benzene rings is 1. The van der Waals surface area contributed by atoms with Crippen LogP contribution in [0.2, 0.25) is 0 Å². The molecule has 1 aromatic rings. The summed E-state index contributed by atoms with van der Waals surface area (Å²) >= 11 is 1.64. The fourth-order valence-electron chi connectivity index (χ4n) is 0.919. The lowest BCUT2D eigenvalue weighted by Crippen LogP contribution is -2.15. The van der Waals surface area contributed by atoms with Gasteiger partial charge in [0.05, 0.1) is 0 Å². The topological polar surface area (TPSA) is 26.0 Å². The van der Waals surface area contributed by atoms with Crippen molar-refractivity contribution >= 4 is 11.8 Å². The summed E-state index contributed by atoms with van der Waals surface area (Å²) in [4.78, 5) is 0.973. The van der Waals surface area contributed by atoms with E-state index in [1.165, 1.54) is 6.07 Å². The van der Waals surface area contributed by atoms with E-state index in [2.05, 4.69) is 0 Å². The number of rotatable bonds is 4. The molecule has 72 valence electrons. The first-order valence-corrected chi connectivity index (χ1v) is 5.31. The Bertz CT molecular complexity index is 263. The minimum absolute atomic E-state index is 0.175. The van der Waals surface area contributed by atoms with Crippen LogP contribution in [0.3, 0.4) is 0 Å². The molecule has 1 unspecified atom stereocenters. The van der Waals surface area contributed by atoms with Crippen molar-refractivity contribution in [2.75, 3.05) is 5.75 Å². The highest BCUT2D eigenvalue weighted by Crippen LogP contribution is 2.19. The average Bonchev–Trinajstić information content (AvgIpc) is 2.03. The Labute approximate surface area is 82.5 Å². The van der Waals surface area contributed by atoms with Crippen molar-refractivity contribution in [1.82, 2.24) is 0 Å². The molecule has 1 rings (SSSR count). The van der Waals surface area contributed by atoms with Crippen LogP contribution in [0, 0.1) is 5.82 Å². The molecule has 13 heavy (non-hydrogen) atoms. The summed E-state index contributed by atoms with van der Waals surface area (Å²) in [5.74, 6) is 0.770. The van der Waals surface area contributed by atoms with Crippen LogP contribution in [0.4, 0.5) is 4.39 Å². The van der Waals surface area contributed by atoms with Crippen molar-refractivity contribution in [3.05, 3.63) is 30.1 Å². The highest BCUT2D eigenvalue weighted by molar-refractivity contribution is 7.99. The summed E-state index contributed by atoms with van der Waals surface area (Å²) in [6.45, 7) is 1.98. The van der Waals surface area contributed by atoms with Crippen LogP contribution in [0.1, 0.15) is 13.3 Å². The summed E-state index contributed by atoms with van der Waals surface area (Å²) in [6.07, 6.45) is 0.960. The van der Waals surface area contributed by atoms with Crippen LogP contribution in [0.25, 0.3) is 0 Å². The highest BCUT2D eigenvalue weighted by atomic mass is 32.2. The first kappa shape index (κ1) is 10.5. The molecular formula is C10H14FNS.